The van der Waals surface area contributed by atoms with Gasteiger partial charge in [-0.15, -0.1) is 0 Å². The fourth-order valence-corrected chi connectivity index (χ4v) is 2.26. The predicted molar refractivity (Wildman–Crippen MR) is 71.7 cm³/mol. The van der Waals surface area contributed by atoms with Crippen molar-refractivity contribution >= 4 is 0 Å². The predicted octanol–water partition coefficient (Wildman–Crippen LogP) is 0.937. The van der Waals surface area contributed by atoms with Crippen molar-refractivity contribution in [3.63, 3.8) is 0 Å². The Morgan fingerprint density at radius 3 is 3.06 bits per heavy atom. The third-order valence-electron chi connectivity index (χ3n) is 3.21. The molecule has 5 heteroatoms. The standard InChI is InChI=1S/C13H22N4O/c1-3-7-14-9-11(2)10-17-13(18)16-8-5-4-6-12(16)15-17/h14H,2-10H2,1H3. The van der Waals surface area contributed by atoms with Crippen LogP contribution in [0.4, 0.5) is 0 Å². The van der Waals surface area contributed by atoms with E-state index >= 15 is 0 Å². The molecule has 0 aromatic carbocycles. The summed E-state index contributed by atoms with van der Waals surface area (Å²) in [6, 6.07) is 0. The summed E-state index contributed by atoms with van der Waals surface area (Å²) in [6.07, 6.45) is 4.24. The van der Waals surface area contributed by atoms with Gasteiger partial charge in [-0.3, -0.25) is 4.57 Å². The van der Waals surface area contributed by atoms with Crippen LogP contribution in [0.25, 0.3) is 0 Å². The molecule has 0 spiro atoms. The van der Waals surface area contributed by atoms with Crippen LogP contribution in [0, 0.1) is 0 Å². The largest absolute Gasteiger partial charge is 0.346 e. The van der Waals surface area contributed by atoms with Gasteiger partial charge in [0.1, 0.15) is 5.82 Å². The Labute approximate surface area is 107 Å². The molecule has 2 heterocycles. The van der Waals surface area contributed by atoms with E-state index in [1.165, 1.54) is 0 Å². The second-order valence-corrected chi connectivity index (χ2v) is 4.89. The molecule has 0 fully saturated rings. The quantitative estimate of drug-likeness (QED) is 0.604. The van der Waals surface area contributed by atoms with Crippen molar-refractivity contribution in [3.8, 4) is 0 Å². The highest BCUT2D eigenvalue weighted by atomic mass is 16.2. The summed E-state index contributed by atoms with van der Waals surface area (Å²) in [5.74, 6) is 0.931. The molecule has 5 nitrogen and oxygen atoms in total. The summed E-state index contributed by atoms with van der Waals surface area (Å²) in [7, 11) is 0. The van der Waals surface area contributed by atoms with Crippen LogP contribution in [0.3, 0.4) is 0 Å². The van der Waals surface area contributed by atoms with E-state index in [2.05, 4.69) is 23.9 Å². The lowest BCUT2D eigenvalue weighted by Crippen LogP contribution is -2.28. The summed E-state index contributed by atoms with van der Waals surface area (Å²) < 4.78 is 3.35. The van der Waals surface area contributed by atoms with E-state index in [0.29, 0.717) is 6.54 Å². The van der Waals surface area contributed by atoms with Gasteiger partial charge in [-0.25, -0.2) is 9.48 Å². The Balaban J connectivity index is 1.99. The molecule has 0 atom stereocenters. The molecule has 0 amide bonds. The number of nitrogens with zero attached hydrogens (tertiary/aromatic N) is 3. The number of rotatable bonds is 6. The molecule has 1 N–H and O–H groups in total. The Hall–Kier alpha value is -1.36. The summed E-state index contributed by atoms with van der Waals surface area (Å²) in [6.45, 7) is 9.20. The normalized spacial score (nSPS) is 14.5. The van der Waals surface area contributed by atoms with Crippen molar-refractivity contribution in [2.75, 3.05) is 13.1 Å². The number of hydrogen-bond donors (Lipinski definition) is 1. The number of hydrogen-bond acceptors (Lipinski definition) is 3. The molecule has 0 aliphatic carbocycles. The smallest absolute Gasteiger partial charge is 0.313 e. The van der Waals surface area contributed by atoms with Crippen molar-refractivity contribution < 1.29 is 0 Å². The van der Waals surface area contributed by atoms with Crippen LogP contribution in [0.5, 0.6) is 0 Å². The fourth-order valence-electron chi connectivity index (χ4n) is 2.26. The van der Waals surface area contributed by atoms with Crippen LogP contribution in [-0.2, 0) is 19.5 Å². The van der Waals surface area contributed by atoms with Gasteiger partial charge >= 0.3 is 5.69 Å². The van der Waals surface area contributed by atoms with Crippen molar-refractivity contribution in [1.82, 2.24) is 19.7 Å². The molecule has 0 radical (unpaired) electrons. The van der Waals surface area contributed by atoms with Crippen LogP contribution in [-0.4, -0.2) is 27.4 Å². The zero-order valence-corrected chi connectivity index (χ0v) is 11.1. The van der Waals surface area contributed by atoms with Crippen LogP contribution in [0.15, 0.2) is 16.9 Å². The molecule has 2 rings (SSSR count). The maximum atomic E-state index is 12.1. The Bertz CT molecular complexity index is 472. The maximum Gasteiger partial charge on any atom is 0.346 e. The summed E-state index contributed by atoms with van der Waals surface area (Å²) >= 11 is 0. The zero-order valence-electron chi connectivity index (χ0n) is 11.1. The molecule has 1 aromatic heterocycles. The Morgan fingerprint density at radius 1 is 1.50 bits per heavy atom. The first kappa shape index (κ1) is 13.1. The third kappa shape index (κ3) is 2.90. The van der Waals surface area contributed by atoms with E-state index in [4.69, 9.17) is 0 Å². The van der Waals surface area contributed by atoms with Gasteiger partial charge in [0, 0.05) is 19.5 Å². The van der Waals surface area contributed by atoms with E-state index in [1.54, 1.807) is 9.25 Å². The van der Waals surface area contributed by atoms with E-state index in [9.17, 15) is 4.79 Å². The minimum atomic E-state index is 0.0151. The van der Waals surface area contributed by atoms with Gasteiger partial charge in [0.2, 0.25) is 0 Å². The minimum absolute atomic E-state index is 0.0151. The van der Waals surface area contributed by atoms with Gasteiger partial charge in [-0.1, -0.05) is 13.5 Å². The first-order chi connectivity index (χ1) is 8.72. The lowest BCUT2D eigenvalue weighted by molar-refractivity contribution is 0.511. The fraction of sp³-hybridized carbons (Fsp3) is 0.692. The van der Waals surface area contributed by atoms with Gasteiger partial charge in [0.15, 0.2) is 0 Å². The average Bonchev–Trinajstić information content (AvgIpc) is 2.67. The van der Waals surface area contributed by atoms with Crippen LogP contribution < -0.4 is 11.0 Å². The molecular weight excluding hydrogens is 228 g/mol. The van der Waals surface area contributed by atoms with Gasteiger partial charge in [0.05, 0.1) is 6.54 Å². The first-order valence-corrected chi connectivity index (χ1v) is 6.76. The Morgan fingerprint density at radius 2 is 2.33 bits per heavy atom. The molecule has 0 saturated heterocycles. The highest BCUT2D eigenvalue weighted by Gasteiger charge is 2.16. The topological polar surface area (TPSA) is 51.9 Å². The molecule has 100 valence electrons. The first-order valence-electron chi connectivity index (χ1n) is 6.76. The lowest BCUT2D eigenvalue weighted by Gasteiger charge is -2.09. The Kier molecular flexibility index (Phi) is 4.36. The minimum Gasteiger partial charge on any atom is -0.313 e. The summed E-state index contributed by atoms with van der Waals surface area (Å²) in [5, 5.41) is 7.68. The molecule has 0 bridgehead atoms. The summed E-state index contributed by atoms with van der Waals surface area (Å²) in [4.78, 5) is 12.1. The molecule has 18 heavy (non-hydrogen) atoms. The molecular formula is C13H22N4O. The second kappa shape index (κ2) is 6.00. The molecule has 0 saturated carbocycles. The van der Waals surface area contributed by atoms with Crippen LogP contribution in [0.2, 0.25) is 0 Å². The van der Waals surface area contributed by atoms with E-state index in [-0.39, 0.29) is 5.69 Å². The zero-order chi connectivity index (χ0) is 13.0. The number of fused-ring (bicyclic) bond motifs is 1. The van der Waals surface area contributed by atoms with E-state index < -0.39 is 0 Å². The number of aromatic nitrogens is 3. The second-order valence-electron chi connectivity index (χ2n) is 4.89. The van der Waals surface area contributed by atoms with Gasteiger partial charge in [0.25, 0.3) is 0 Å². The van der Waals surface area contributed by atoms with E-state index in [0.717, 1.165) is 56.7 Å². The monoisotopic (exact) mass is 250 g/mol. The van der Waals surface area contributed by atoms with E-state index in [1.807, 2.05) is 0 Å². The number of nitrogens with one attached hydrogen (secondary N) is 1. The maximum absolute atomic E-state index is 12.1. The van der Waals surface area contributed by atoms with Crippen molar-refractivity contribution in [2.24, 2.45) is 0 Å². The van der Waals surface area contributed by atoms with Gasteiger partial charge in [-0.2, -0.15) is 5.10 Å². The van der Waals surface area contributed by atoms with Gasteiger partial charge < -0.3 is 5.32 Å². The highest BCUT2D eigenvalue weighted by molar-refractivity contribution is 4.99. The molecule has 1 aliphatic rings. The van der Waals surface area contributed by atoms with Crippen molar-refractivity contribution in [1.29, 1.82) is 0 Å². The highest BCUT2D eigenvalue weighted by Crippen LogP contribution is 2.09. The van der Waals surface area contributed by atoms with Gasteiger partial charge in [-0.05, 0) is 31.4 Å². The lowest BCUT2D eigenvalue weighted by atomic mass is 10.2. The molecule has 0 unspecified atom stereocenters. The SMILES string of the molecule is C=C(CNCCC)Cn1nc2n(c1=O)CCCC2. The third-order valence-corrected chi connectivity index (χ3v) is 3.21. The number of aryl methyl sites for hydroxylation is 1. The van der Waals surface area contributed by atoms with Crippen molar-refractivity contribution in [3.05, 3.63) is 28.5 Å². The molecule has 1 aromatic rings. The van der Waals surface area contributed by atoms with Crippen LogP contribution >= 0.6 is 0 Å². The van der Waals surface area contributed by atoms with Crippen LogP contribution in [0.1, 0.15) is 32.0 Å². The average molecular weight is 250 g/mol. The molecule has 1 aliphatic heterocycles. The summed E-state index contributed by atoms with van der Waals surface area (Å²) in [5.41, 5.74) is 1.02. The van der Waals surface area contributed by atoms with Crippen molar-refractivity contribution in [2.45, 2.75) is 45.7 Å².